The van der Waals surface area contributed by atoms with Gasteiger partial charge in [0, 0.05) is 18.4 Å². The van der Waals surface area contributed by atoms with Gasteiger partial charge in [0.05, 0.1) is 18.1 Å². The molecule has 0 amide bonds. The van der Waals surface area contributed by atoms with Gasteiger partial charge in [0.15, 0.2) is 5.78 Å². The number of ketones is 1. The van der Waals surface area contributed by atoms with E-state index in [0.717, 1.165) is 18.4 Å². The molecule has 1 aliphatic carbocycles. The fourth-order valence-corrected chi connectivity index (χ4v) is 3.39. The standard InChI is InChI=1S/C16H16O4/c17-13-5-3-7-14-11(13)8-10-9-19-15-6-2-1-4-12(15)16(10,18)20-14/h1-2,4,6,10,18H,3,5,7-9H2. The number of allylic oxidation sites excluding steroid dienone is 2. The number of benzene rings is 1. The number of fused-ring (bicyclic) bond motifs is 3. The smallest absolute Gasteiger partial charge is 0.244 e. The highest BCUT2D eigenvalue weighted by atomic mass is 16.6. The average molecular weight is 272 g/mol. The lowest BCUT2D eigenvalue weighted by Gasteiger charge is -2.45. The Balaban J connectivity index is 1.81. The van der Waals surface area contributed by atoms with E-state index in [1.165, 1.54) is 0 Å². The normalized spacial score (nSPS) is 31.6. The molecule has 0 saturated carbocycles. The summed E-state index contributed by atoms with van der Waals surface area (Å²) in [6.45, 7) is 0.373. The highest BCUT2D eigenvalue weighted by molar-refractivity contribution is 5.96. The van der Waals surface area contributed by atoms with E-state index in [2.05, 4.69) is 0 Å². The van der Waals surface area contributed by atoms with Crippen LogP contribution in [0.2, 0.25) is 0 Å². The van der Waals surface area contributed by atoms with Gasteiger partial charge in [-0.05, 0) is 25.0 Å². The number of rotatable bonds is 0. The molecule has 0 aromatic heterocycles. The molecular formula is C16H16O4. The molecule has 4 heteroatoms. The lowest BCUT2D eigenvalue weighted by Crippen LogP contribution is -2.48. The van der Waals surface area contributed by atoms with Crippen molar-refractivity contribution in [3.05, 3.63) is 41.2 Å². The van der Waals surface area contributed by atoms with Crippen LogP contribution in [-0.4, -0.2) is 17.5 Å². The fourth-order valence-electron chi connectivity index (χ4n) is 3.39. The summed E-state index contributed by atoms with van der Waals surface area (Å²) in [6.07, 6.45) is 2.67. The van der Waals surface area contributed by atoms with Gasteiger partial charge >= 0.3 is 0 Å². The third kappa shape index (κ3) is 1.54. The van der Waals surface area contributed by atoms with Crippen molar-refractivity contribution < 1.29 is 19.4 Å². The molecule has 2 heterocycles. The summed E-state index contributed by atoms with van der Waals surface area (Å²) in [5.74, 6) is -0.0785. The van der Waals surface area contributed by atoms with Crippen molar-refractivity contribution in [3.63, 3.8) is 0 Å². The van der Waals surface area contributed by atoms with Crippen LogP contribution in [0.5, 0.6) is 5.75 Å². The first-order valence-corrected chi connectivity index (χ1v) is 7.07. The van der Waals surface area contributed by atoms with Crippen LogP contribution in [0.3, 0.4) is 0 Å². The Labute approximate surface area is 117 Å². The molecule has 2 aliphatic heterocycles. The Morgan fingerprint density at radius 3 is 3.00 bits per heavy atom. The first-order chi connectivity index (χ1) is 9.68. The average Bonchev–Trinajstić information content (AvgIpc) is 2.46. The topological polar surface area (TPSA) is 55.8 Å². The van der Waals surface area contributed by atoms with Crippen LogP contribution in [0.4, 0.5) is 0 Å². The highest BCUT2D eigenvalue weighted by Crippen LogP contribution is 2.49. The van der Waals surface area contributed by atoms with Crippen molar-refractivity contribution in [2.24, 2.45) is 5.92 Å². The SMILES string of the molecule is O=C1CCCC2=C1CC1COc3ccccc3C1(O)O2. The third-order valence-electron chi connectivity index (χ3n) is 4.48. The van der Waals surface area contributed by atoms with Crippen molar-refractivity contribution in [3.8, 4) is 5.75 Å². The van der Waals surface area contributed by atoms with Crippen molar-refractivity contribution in [2.75, 3.05) is 6.61 Å². The van der Waals surface area contributed by atoms with Crippen LogP contribution in [0, 0.1) is 5.92 Å². The monoisotopic (exact) mass is 272 g/mol. The minimum absolute atomic E-state index is 0.159. The van der Waals surface area contributed by atoms with Gasteiger partial charge in [-0.2, -0.15) is 0 Å². The van der Waals surface area contributed by atoms with Gasteiger partial charge in [-0.1, -0.05) is 12.1 Å². The second kappa shape index (κ2) is 4.09. The van der Waals surface area contributed by atoms with Crippen LogP contribution in [-0.2, 0) is 15.3 Å². The summed E-state index contributed by atoms with van der Waals surface area (Å²) < 4.78 is 11.6. The van der Waals surface area contributed by atoms with Gasteiger partial charge in [0.25, 0.3) is 0 Å². The fraction of sp³-hybridized carbons (Fsp3) is 0.438. The van der Waals surface area contributed by atoms with Crippen molar-refractivity contribution in [1.29, 1.82) is 0 Å². The molecule has 104 valence electrons. The van der Waals surface area contributed by atoms with Crippen LogP contribution in [0.15, 0.2) is 35.6 Å². The zero-order chi connectivity index (χ0) is 13.7. The molecule has 0 bridgehead atoms. The maximum atomic E-state index is 12.0. The number of carbonyl (C=O) groups is 1. The molecular weight excluding hydrogens is 256 g/mol. The second-order valence-corrected chi connectivity index (χ2v) is 5.69. The molecule has 1 aromatic carbocycles. The number of Topliss-reactive ketones (excluding diaryl/α,β-unsaturated/α-hetero) is 1. The van der Waals surface area contributed by atoms with Gasteiger partial charge in [0.2, 0.25) is 5.79 Å². The molecule has 0 saturated heterocycles. The number of ether oxygens (including phenoxy) is 2. The molecule has 2 atom stereocenters. The highest BCUT2D eigenvalue weighted by Gasteiger charge is 2.51. The van der Waals surface area contributed by atoms with Gasteiger partial charge in [0.1, 0.15) is 11.5 Å². The van der Waals surface area contributed by atoms with E-state index in [-0.39, 0.29) is 11.7 Å². The maximum Gasteiger partial charge on any atom is 0.244 e. The Morgan fingerprint density at radius 2 is 2.10 bits per heavy atom. The number of carbonyl (C=O) groups excluding carboxylic acids is 1. The maximum absolute atomic E-state index is 12.0. The Morgan fingerprint density at radius 1 is 1.25 bits per heavy atom. The molecule has 4 rings (SSSR count). The predicted octanol–water partition coefficient (Wildman–Crippen LogP) is 2.27. The molecule has 1 aromatic rings. The number of hydrogen-bond acceptors (Lipinski definition) is 4. The summed E-state index contributed by atoms with van der Waals surface area (Å²) in [7, 11) is 0. The number of hydrogen-bond donors (Lipinski definition) is 1. The first kappa shape index (κ1) is 12.0. The van der Waals surface area contributed by atoms with Crippen molar-refractivity contribution in [2.45, 2.75) is 31.5 Å². The lowest BCUT2D eigenvalue weighted by atomic mass is 9.79. The minimum Gasteiger partial charge on any atom is -0.492 e. The van der Waals surface area contributed by atoms with Crippen LogP contribution in [0.1, 0.15) is 31.2 Å². The summed E-state index contributed by atoms with van der Waals surface area (Å²) in [6, 6.07) is 7.41. The minimum atomic E-state index is -1.36. The first-order valence-electron chi connectivity index (χ1n) is 7.07. The van der Waals surface area contributed by atoms with E-state index in [4.69, 9.17) is 9.47 Å². The summed E-state index contributed by atoms with van der Waals surface area (Å²) in [5.41, 5.74) is 1.43. The van der Waals surface area contributed by atoms with E-state index in [1.54, 1.807) is 0 Å². The van der Waals surface area contributed by atoms with Gasteiger partial charge in [-0.15, -0.1) is 0 Å². The Bertz CT molecular complexity index is 619. The molecule has 1 N–H and O–H groups in total. The summed E-state index contributed by atoms with van der Waals surface area (Å²) in [5, 5.41) is 11.0. The molecule has 2 unspecified atom stereocenters. The molecule has 4 nitrogen and oxygen atoms in total. The Kier molecular flexibility index (Phi) is 2.45. The van der Waals surface area contributed by atoms with Crippen LogP contribution >= 0.6 is 0 Å². The lowest BCUT2D eigenvalue weighted by molar-refractivity contribution is -0.248. The third-order valence-corrected chi connectivity index (χ3v) is 4.48. The van der Waals surface area contributed by atoms with Crippen LogP contribution < -0.4 is 4.74 Å². The summed E-state index contributed by atoms with van der Waals surface area (Å²) in [4.78, 5) is 12.0. The van der Waals surface area contributed by atoms with E-state index in [0.29, 0.717) is 36.5 Å². The van der Waals surface area contributed by atoms with E-state index >= 15 is 0 Å². The molecule has 20 heavy (non-hydrogen) atoms. The van der Waals surface area contributed by atoms with Crippen LogP contribution in [0.25, 0.3) is 0 Å². The van der Waals surface area contributed by atoms with E-state index in [9.17, 15) is 9.90 Å². The Hall–Kier alpha value is -1.81. The second-order valence-electron chi connectivity index (χ2n) is 5.69. The largest absolute Gasteiger partial charge is 0.492 e. The molecule has 0 spiro atoms. The van der Waals surface area contributed by atoms with E-state index in [1.807, 2.05) is 24.3 Å². The predicted molar refractivity (Wildman–Crippen MR) is 70.9 cm³/mol. The number of para-hydroxylation sites is 1. The molecule has 3 aliphatic rings. The molecule has 0 radical (unpaired) electrons. The quantitative estimate of drug-likeness (QED) is 0.787. The van der Waals surface area contributed by atoms with Crippen molar-refractivity contribution in [1.82, 2.24) is 0 Å². The van der Waals surface area contributed by atoms with Crippen molar-refractivity contribution >= 4 is 5.78 Å². The summed E-state index contributed by atoms with van der Waals surface area (Å²) >= 11 is 0. The van der Waals surface area contributed by atoms with E-state index < -0.39 is 5.79 Å². The zero-order valence-electron chi connectivity index (χ0n) is 11.1. The van der Waals surface area contributed by atoms with Gasteiger partial charge in [-0.3, -0.25) is 4.79 Å². The van der Waals surface area contributed by atoms with Gasteiger partial charge in [-0.25, -0.2) is 0 Å². The molecule has 0 fully saturated rings. The number of aliphatic hydroxyl groups is 1. The van der Waals surface area contributed by atoms with Gasteiger partial charge < -0.3 is 14.6 Å². The zero-order valence-corrected chi connectivity index (χ0v) is 11.1.